The van der Waals surface area contributed by atoms with Crippen LogP contribution in [0.2, 0.25) is 5.02 Å². The molecule has 0 radical (unpaired) electrons. The Bertz CT molecular complexity index is 516. The molecular weight excluding hydrogens is 251 g/mol. The highest BCUT2D eigenvalue weighted by Gasteiger charge is 2.07. The van der Waals surface area contributed by atoms with E-state index in [1.165, 1.54) is 6.07 Å². The maximum absolute atomic E-state index is 13.1. The molecule has 0 aliphatic carbocycles. The number of hydrogen-bond donors (Lipinski definition) is 1. The van der Waals surface area contributed by atoms with Crippen molar-refractivity contribution in [3.8, 4) is 0 Å². The van der Waals surface area contributed by atoms with Crippen molar-refractivity contribution >= 4 is 11.6 Å². The lowest BCUT2D eigenvalue weighted by Gasteiger charge is -2.14. The van der Waals surface area contributed by atoms with Gasteiger partial charge in [0.25, 0.3) is 0 Å². The fraction of sp³-hybridized carbons (Fsp3) is 0.214. The Morgan fingerprint density at radius 2 is 2.00 bits per heavy atom. The molecule has 1 aromatic carbocycles. The van der Waals surface area contributed by atoms with Crippen LogP contribution in [0.15, 0.2) is 42.7 Å². The van der Waals surface area contributed by atoms with Crippen molar-refractivity contribution in [3.63, 3.8) is 0 Å². The Balaban J connectivity index is 1.99. The minimum atomic E-state index is -0.387. The van der Waals surface area contributed by atoms with Gasteiger partial charge < -0.3 is 5.32 Å². The lowest BCUT2D eigenvalue weighted by Crippen LogP contribution is -2.18. The number of benzene rings is 1. The highest BCUT2D eigenvalue weighted by atomic mass is 35.5. The molecule has 1 unspecified atom stereocenters. The first-order valence-corrected chi connectivity index (χ1v) is 6.12. The first kappa shape index (κ1) is 13.0. The number of hydrogen-bond acceptors (Lipinski definition) is 2. The van der Waals surface area contributed by atoms with Crippen molar-refractivity contribution < 1.29 is 4.39 Å². The number of pyridine rings is 1. The highest BCUT2D eigenvalue weighted by molar-refractivity contribution is 6.30. The molecule has 1 heterocycles. The summed E-state index contributed by atoms with van der Waals surface area (Å²) < 4.78 is 13.1. The predicted molar refractivity (Wildman–Crippen MR) is 70.9 cm³/mol. The molecular formula is C14H14ClFN2. The molecule has 1 aromatic heterocycles. The summed E-state index contributed by atoms with van der Waals surface area (Å²) in [6, 6.07) is 8.81. The van der Waals surface area contributed by atoms with E-state index in [9.17, 15) is 4.39 Å². The minimum Gasteiger partial charge on any atom is -0.306 e. The SMILES string of the molecule is CC(NCc1ccncc1)c1ccc(F)c(Cl)c1. The Morgan fingerprint density at radius 1 is 1.28 bits per heavy atom. The van der Waals surface area contributed by atoms with Gasteiger partial charge in [-0.05, 0) is 42.3 Å². The van der Waals surface area contributed by atoms with Crippen LogP contribution in [0.5, 0.6) is 0 Å². The van der Waals surface area contributed by atoms with Crippen molar-refractivity contribution in [2.75, 3.05) is 0 Å². The van der Waals surface area contributed by atoms with Crippen LogP contribution < -0.4 is 5.32 Å². The summed E-state index contributed by atoms with van der Waals surface area (Å²) in [7, 11) is 0. The number of rotatable bonds is 4. The molecule has 0 spiro atoms. The summed E-state index contributed by atoms with van der Waals surface area (Å²) in [5.74, 6) is -0.387. The minimum absolute atomic E-state index is 0.108. The topological polar surface area (TPSA) is 24.9 Å². The van der Waals surface area contributed by atoms with Crippen LogP contribution in [0.1, 0.15) is 24.1 Å². The van der Waals surface area contributed by atoms with Crippen LogP contribution in [0, 0.1) is 5.82 Å². The highest BCUT2D eigenvalue weighted by Crippen LogP contribution is 2.20. The molecule has 0 aliphatic rings. The van der Waals surface area contributed by atoms with Crippen LogP contribution in [-0.4, -0.2) is 4.98 Å². The molecule has 4 heteroatoms. The molecule has 1 atom stereocenters. The summed E-state index contributed by atoms with van der Waals surface area (Å²) in [6.07, 6.45) is 3.52. The van der Waals surface area contributed by atoms with Crippen LogP contribution in [0.4, 0.5) is 4.39 Å². The molecule has 0 saturated carbocycles. The zero-order chi connectivity index (χ0) is 13.0. The van der Waals surface area contributed by atoms with Gasteiger partial charge in [0.1, 0.15) is 5.82 Å². The zero-order valence-corrected chi connectivity index (χ0v) is 10.8. The quantitative estimate of drug-likeness (QED) is 0.910. The van der Waals surface area contributed by atoms with E-state index in [0.29, 0.717) is 0 Å². The third kappa shape index (κ3) is 3.28. The van der Waals surface area contributed by atoms with E-state index in [1.54, 1.807) is 24.5 Å². The zero-order valence-electron chi connectivity index (χ0n) is 10.0. The maximum Gasteiger partial charge on any atom is 0.141 e. The van der Waals surface area contributed by atoms with Crippen molar-refractivity contribution in [1.29, 1.82) is 0 Å². The molecule has 1 N–H and O–H groups in total. The van der Waals surface area contributed by atoms with Crippen molar-refractivity contribution in [2.24, 2.45) is 0 Å². The lowest BCUT2D eigenvalue weighted by atomic mass is 10.1. The second-order valence-corrected chi connectivity index (χ2v) is 4.54. The largest absolute Gasteiger partial charge is 0.306 e. The number of aromatic nitrogens is 1. The third-order valence-corrected chi connectivity index (χ3v) is 3.10. The van der Waals surface area contributed by atoms with E-state index in [0.717, 1.165) is 17.7 Å². The second kappa shape index (κ2) is 5.94. The Labute approximate surface area is 111 Å². The van der Waals surface area contributed by atoms with E-state index in [4.69, 9.17) is 11.6 Å². The van der Waals surface area contributed by atoms with Gasteiger partial charge >= 0.3 is 0 Å². The standard InChI is InChI=1S/C14H14ClFN2/c1-10(12-2-3-14(16)13(15)8-12)18-9-11-4-6-17-7-5-11/h2-8,10,18H,9H2,1H3. The molecule has 2 nitrogen and oxygen atoms in total. The summed E-state index contributed by atoms with van der Waals surface area (Å²) >= 11 is 5.76. The average molecular weight is 265 g/mol. The molecule has 0 aliphatic heterocycles. The smallest absolute Gasteiger partial charge is 0.141 e. The van der Waals surface area contributed by atoms with Crippen LogP contribution in [-0.2, 0) is 6.54 Å². The molecule has 0 saturated heterocycles. The van der Waals surface area contributed by atoms with Gasteiger partial charge in [-0.1, -0.05) is 17.7 Å². The van der Waals surface area contributed by atoms with Gasteiger partial charge in [-0.3, -0.25) is 4.98 Å². The van der Waals surface area contributed by atoms with E-state index >= 15 is 0 Å². The van der Waals surface area contributed by atoms with E-state index < -0.39 is 0 Å². The molecule has 0 bridgehead atoms. The average Bonchev–Trinajstić information content (AvgIpc) is 2.40. The Morgan fingerprint density at radius 3 is 2.67 bits per heavy atom. The molecule has 94 valence electrons. The lowest BCUT2D eigenvalue weighted by molar-refractivity contribution is 0.571. The Kier molecular flexibility index (Phi) is 4.28. The number of halogens is 2. The molecule has 18 heavy (non-hydrogen) atoms. The monoisotopic (exact) mass is 264 g/mol. The van der Waals surface area contributed by atoms with Gasteiger partial charge in [0, 0.05) is 25.0 Å². The normalized spacial score (nSPS) is 12.4. The van der Waals surface area contributed by atoms with E-state index in [-0.39, 0.29) is 16.9 Å². The molecule has 0 fully saturated rings. The molecule has 0 amide bonds. The van der Waals surface area contributed by atoms with Gasteiger partial charge in [-0.15, -0.1) is 0 Å². The van der Waals surface area contributed by atoms with Crippen molar-refractivity contribution in [3.05, 3.63) is 64.7 Å². The van der Waals surface area contributed by atoms with Crippen LogP contribution >= 0.6 is 11.6 Å². The van der Waals surface area contributed by atoms with Crippen LogP contribution in [0.25, 0.3) is 0 Å². The number of nitrogens with zero attached hydrogens (tertiary/aromatic N) is 1. The van der Waals surface area contributed by atoms with Crippen LogP contribution in [0.3, 0.4) is 0 Å². The summed E-state index contributed by atoms with van der Waals surface area (Å²) in [5, 5.41) is 3.51. The van der Waals surface area contributed by atoms with Crippen molar-refractivity contribution in [2.45, 2.75) is 19.5 Å². The predicted octanol–water partition coefficient (Wildman–Crippen LogP) is 3.72. The fourth-order valence-electron chi connectivity index (χ4n) is 1.67. The van der Waals surface area contributed by atoms with Gasteiger partial charge in [-0.25, -0.2) is 4.39 Å². The third-order valence-electron chi connectivity index (χ3n) is 2.81. The van der Waals surface area contributed by atoms with Gasteiger partial charge in [-0.2, -0.15) is 0 Å². The van der Waals surface area contributed by atoms with Gasteiger partial charge in [0.15, 0.2) is 0 Å². The summed E-state index contributed by atoms with van der Waals surface area (Å²) in [4.78, 5) is 3.97. The fourth-order valence-corrected chi connectivity index (χ4v) is 1.86. The van der Waals surface area contributed by atoms with Gasteiger partial charge in [0.05, 0.1) is 5.02 Å². The van der Waals surface area contributed by atoms with Crippen molar-refractivity contribution in [1.82, 2.24) is 10.3 Å². The first-order valence-electron chi connectivity index (χ1n) is 5.74. The first-order chi connectivity index (χ1) is 8.66. The maximum atomic E-state index is 13.1. The van der Waals surface area contributed by atoms with E-state index in [1.807, 2.05) is 19.1 Å². The van der Waals surface area contributed by atoms with E-state index in [2.05, 4.69) is 10.3 Å². The summed E-state index contributed by atoms with van der Waals surface area (Å²) in [5.41, 5.74) is 2.13. The number of nitrogens with one attached hydrogen (secondary N) is 1. The second-order valence-electron chi connectivity index (χ2n) is 4.13. The molecule has 2 rings (SSSR count). The summed E-state index contributed by atoms with van der Waals surface area (Å²) in [6.45, 7) is 2.75. The molecule has 2 aromatic rings. The Hall–Kier alpha value is -1.45. The van der Waals surface area contributed by atoms with Gasteiger partial charge in [0.2, 0.25) is 0 Å².